The average molecular weight is 222 g/mol. The molecule has 0 spiro atoms. The van der Waals surface area contributed by atoms with Crippen LogP contribution in [-0.4, -0.2) is 20.2 Å². The first-order valence-electron chi connectivity index (χ1n) is 3.86. The van der Waals surface area contributed by atoms with Crippen LogP contribution in [0.3, 0.4) is 0 Å². The normalized spacial score (nSPS) is 9.08. The second-order valence-corrected chi connectivity index (χ2v) is 2.79. The quantitative estimate of drug-likeness (QED) is 0.789. The first-order chi connectivity index (χ1) is 5.84. The molecule has 1 N–H and O–H groups in total. The van der Waals surface area contributed by atoms with E-state index in [9.17, 15) is 0 Å². The largest absolute Gasteiger partial charge is 0.491 e. The van der Waals surface area contributed by atoms with Gasteiger partial charge in [-0.15, -0.1) is 12.4 Å². The molecule has 4 heteroatoms. The Balaban J connectivity index is 0.00000144. The van der Waals surface area contributed by atoms with Gasteiger partial charge in [-0.3, -0.25) is 0 Å². The van der Waals surface area contributed by atoms with Crippen LogP contribution in [0.4, 0.5) is 0 Å². The lowest BCUT2D eigenvalue weighted by Gasteiger charge is -2.06. The highest BCUT2D eigenvalue weighted by molar-refractivity contribution is 6.32. The Labute approximate surface area is 89.6 Å². The lowest BCUT2D eigenvalue weighted by molar-refractivity contribution is 0.318. The van der Waals surface area contributed by atoms with E-state index >= 15 is 0 Å². The van der Waals surface area contributed by atoms with Crippen molar-refractivity contribution in [2.24, 2.45) is 0 Å². The maximum Gasteiger partial charge on any atom is 0.137 e. The summed E-state index contributed by atoms with van der Waals surface area (Å²) >= 11 is 5.86. The fourth-order valence-corrected chi connectivity index (χ4v) is 1.02. The molecule has 0 radical (unpaired) electrons. The van der Waals surface area contributed by atoms with Gasteiger partial charge < -0.3 is 10.1 Å². The van der Waals surface area contributed by atoms with Crippen molar-refractivity contribution in [1.82, 2.24) is 5.32 Å². The van der Waals surface area contributed by atoms with Gasteiger partial charge in [0.25, 0.3) is 0 Å². The van der Waals surface area contributed by atoms with E-state index in [4.69, 9.17) is 16.3 Å². The average Bonchev–Trinajstić information content (AvgIpc) is 2.09. The van der Waals surface area contributed by atoms with Crippen molar-refractivity contribution in [3.05, 3.63) is 29.3 Å². The molecule has 0 aliphatic rings. The summed E-state index contributed by atoms with van der Waals surface area (Å²) in [5.41, 5.74) is 0. The summed E-state index contributed by atoms with van der Waals surface area (Å²) in [5.74, 6) is 0.745. The van der Waals surface area contributed by atoms with Gasteiger partial charge in [0.05, 0.1) is 5.02 Å². The predicted molar refractivity (Wildman–Crippen MR) is 58.1 cm³/mol. The molecule has 0 bridgehead atoms. The van der Waals surface area contributed by atoms with Crippen LogP contribution in [0.25, 0.3) is 0 Å². The molecule has 0 aliphatic carbocycles. The fraction of sp³-hybridized carbons (Fsp3) is 0.333. The number of halogens is 2. The maximum absolute atomic E-state index is 5.86. The summed E-state index contributed by atoms with van der Waals surface area (Å²) in [6, 6.07) is 7.46. The van der Waals surface area contributed by atoms with Crippen molar-refractivity contribution in [1.29, 1.82) is 0 Å². The number of rotatable bonds is 4. The molecular weight excluding hydrogens is 209 g/mol. The van der Waals surface area contributed by atoms with Gasteiger partial charge in [0.15, 0.2) is 0 Å². The molecule has 0 amide bonds. The van der Waals surface area contributed by atoms with Gasteiger partial charge in [0.1, 0.15) is 12.4 Å². The van der Waals surface area contributed by atoms with Crippen LogP contribution in [0.2, 0.25) is 5.02 Å². The van der Waals surface area contributed by atoms with Gasteiger partial charge in [-0.05, 0) is 19.2 Å². The Hall–Kier alpha value is -0.440. The third-order valence-electron chi connectivity index (χ3n) is 1.45. The summed E-state index contributed by atoms with van der Waals surface area (Å²) in [6.07, 6.45) is 0. The molecule has 0 aliphatic heterocycles. The van der Waals surface area contributed by atoms with Gasteiger partial charge in [-0.25, -0.2) is 0 Å². The van der Waals surface area contributed by atoms with Crippen LogP contribution in [0.15, 0.2) is 24.3 Å². The minimum atomic E-state index is 0. The molecule has 0 heterocycles. The minimum Gasteiger partial charge on any atom is -0.491 e. The molecule has 0 unspecified atom stereocenters. The maximum atomic E-state index is 5.86. The third-order valence-corrected chi connectivity index (χ3v) is 1.76. The number of hydrogen-bond acceptors (Lipinski definition) is 2. The minimum absolute atomic E-state index is 0. The Bertz CT molecular complexity index is 243. The highest BCUT2D eigenvalue weighted by atomic mass is 35.5. The van der Waals surface area contributed by atoms with Gasteiger partial charge in [0.2, 0.25) is 0 Å². The fourth-order valence-electron chi connectivity index (χ4n) is 0.825. The second-order valence-electron chi connectivity index (χ2n) is 2.38. The van der Waals surface area contributed by atoms with Crippen molar-refractivity contribution >= 4 is 24.0 Å². The van der Waals surface area contributed by atoms with Gasteiger partial charge in [0, 0.05) is 6.54 Å². The van der Waals surface area contributed by atoms with E-state index in [1.807, 2.05) is 31.3 Å². The number of nitrogens with one attached hydrogen (secondary N) is 1. The van der Waals surface area contributed by atoms with Crippen molar-refractivity contribution in [2.75, 3.05) is 20.2 Å². The van der Waals surface area contributed by atoms with E-state index in [0.717, 1.165) is 12.3 Å². The number of para-hydroxylation sites is 1. The zero-order chi connectivity index (χ0) is 8.81. The zero-order valence-electron chi connectivity index (χ0n) is 7.42. The number of hydrogen-bond donors (Lipinski definition) is 1. The number of ether oxygens (including phenoxy) is 1. The number of benzene rings is 1. The van der Waals surface area contributed by atoms with E-state index in [0.29, 0.717) is 11.6 Å². The van der Waals surface area contributed by atoms with Crippen LogP contribution >= 0.6 is 24.0 Å². The van der Waals surface area contributed by atoms with Crippen LogP contribution in [0.5, 0.6) is 5.75 Å². The molecule has 2 nitrogen and oxygen atoms in total. The molecule has 0 saturated carbocycles. The highest BCUT2D eigenvalue weighted by Gasteiger charge is 1.97. The number of likely N-dealkylation sites (N-methyl/N-ethyl adjacent to an activating group) is 1. The van der Waals surface area contributed by atoms with E-state index in [-0.39, 0.29) is 12.4 Å². The van der Waals surface area contributed by atoms with Crippen molar-refractivity contribution in [3.63, 3.8) is 0 Å². The molecule has 13 heavy (non-hydrogen) atoms. The Morgan fingerprint density at radius 2 is 2.08 bits per heavy atom. The summed E-state index contributed by atoms with van der Waals surface area (Å²) in [5, 5.41) is 3.65. The molecule has 0 saturated heterocycles. The molecule has 1 rings (SSSR count). The first-order valence-corrected chi connectivity index (χ1v) is 4.24. The van der Waals surface area contributed by atoms with E-state index < -0.39 is 0 Å². The Morgan fingerprint density at radius 3 is 2.69 bits per heavy atom. The lowest BCUT2D eigenvalue weighted by Crippen LogP contribution is -2.15. The summed E-state index contributed by atoms with van der Waals surface area (Å²) < 4.78 is 5.38. The molecule has 74 valence electrons. The molecule has 1 aromatic carbocycles. The third kappa shape index (κ3) is 4.36. The smallest absolute Gasteiger partial charge is 0.137 e. The van der Waals surface area contributed by atoms with Crippen LogP contribution in [0, 0.1) is 0 Å². The van der Waals surface area contributed by atoms with Gasteiger partial charge >= 0.3 is 0 Å². The van der Waals surface area contributed by atoms with Gasteiger partial charge in [-0.1, -0.05) is 23.7 Å². The van der Waals surface area contributed by atoms with Crippen LogP contribution < -0.4 is 10.1 Å². The Kier molecular flexibility index (Phi) is 6.77. The molecule has 0 aromatic heterocycles. The standard InChI is InChI=1S/C9H12ClNO.ClH/c1-11-6-7-12-9-5-3-2-4-8(9)10;/h2-5,11H,6-7H2,1H3;1H. The van der Waals surface area contributed by atoms with Crippen LogP contribution in [0.1, 0.15) is 0 Å². The predicted octanol–water partition coefficient (Wildman–Crippen LogP) is 2.36. The SMILES string of the molecule is CNCCOc1ccccc1Cl.Cl. The zero-order valence-corrected chi connectivity index (χ0v) is 8.99. The Morgan fingerprint density at radius 1 is 1.38 bits per heavy atom. The molecule has 1 aromatic rings. The first kappa shape index (κ1) is 12.6. The van der Waals surface area contributed by atoms with E-state index in [1.165, 1.54) is 0 Å². The van der Waals surface area contributed by atoms with Gasteiger partial charge in [-0.2, -0.15) is 0 Å². The second kappa shape index (κ2) is 7.01. The van der Waals surface area contributed by atoms with Crippen molar-refractivity contribution in [2.45, 2.75) is 0 Å². The highest BCUT2D eigenvalue weighted by Crippen LogP contribution is 2.22. The van der Waals surface area contributed by atoms with E-state index in [1.54, 1.807) is 0 Å². The summed E-state index contributed by atoms with van der Waals surface area (Å²) in [7, 11) is 1.88. The van der Waals surface area contributed by atoms with Crippen LogP contribution in [-0.2, 0) is 0 Å². The summed E-state index contributed by atoms with van der Waals surface area (Å²) in [6.45, 7) is 1.46. The van der Waals surface area contributed by atoms with E-state index in [2.05, 4.69) is 5.32 Å². The monoisotopic (exact) mass is 221 g/mol. The molecular formula is C9H13Cl2NO. The molecule has 0 fully saturated rings. The lowest BCUT2D eigenvalue weighted by atomic mass is 10.3. The topological polar surface area (TPSA) is 21.3 Å². The van der Waals surface area contributed by atoms with Crippen molar-refractivity contribution in [3.8, 4) is 5.75 Å². The van der Waals surface area contributed by atoms with Crippen molar-refractivity contribution < 1.29 is 4.74 Å². The molecule has 0 atom stereocenters. The summed E-state index contributed by atoms with van der Waals surface area (Å²) in [4.78, 5) is 0.